The predicted molar refractivity (Wildman–Crippen MR) is 98.2 cm³/mol. The van der Waals surface area contributed by atoms with E-state index in [0.29, 0.717) is 64.0 Å². The lowest BCUT2D eigenvalue weighted by molar-refractivity contribution is -0.143. The quantitative estimate of drug-likeness (QED) is 0.614. The highest BCUT2D eigenvalue weighted by Gasteiger charge is 2.35. The standard InChI is InChI=1S/C18H26F3N5O2/c1-2-22-17(23-14-5-6-24(12-14)13-18(19,20)21)26-9-7-25(8-10-26)16(27)15-4-3-11-28-15/h3-4,11,14H,2,5-10,12-13H2,1H3,(H,22,23). The maximum Gasteiger partial charge on any atom is 0.401 e. The first-order chi connectivity index (χ1) is 13.4. The summed E-state index contributed by atoms with van der Waals surface area (Å²) in [5.74, 6) is 0.890. The molecule has 156 valence electrons. The molecule has 0 aliphatic carbocycles. The van der Waals surface area contributed by atoms with Crippen molar-refractivity contribution < 1.29 is 22.4 Å². The van der Waals surface area contributed by atoms with E-state index in [9.17, 15) is 18.0 Å². The van der Waals surface area contributed by atoms with E-state index in [1.54, 1.807) is 17.0 Å². The van der Waals surface area contributed by atoms with Gasteiger partial charge >= 0.3 is 6.18 Å². The molecule has 2 aliphatic heterocycles. The lowest BCUT2D eigenvalue weighted by Crippen LogP contribution is -2.55. The number of nitrogens with zero attached hydrogens (tertiary/aromatic N) is 4. The minimum absolute atomic E-state index is 0.0598. The summed E-state index contributed by atoms with van der Waals surface area (Å²) in [6.45, 7) is 4.67. The number of furan rings is 1. The number of hydrogen-bond donors (Lipinski definition) is 1. The minimum Gasteiger partial charge on any atom is -0.459 e. The SMILES string of the molecule is CCN=C(NC1CCN(CC(F)(F)F)C1)N1CCN(C(=O)c2ccco2)CC1. The van der Waals surface area contributed by atoms with Crippen molar-refractivity contribution in [2.24, 2.45) is 4.99 Å². The first-order valence-electron chi connectivity index (χ1n) is 9.53. The second-order valence-corrected chi connectivity index (χ2v) is 7.03. The summed E-state index contributed by atoms with van der Waals surface area (Å²) in [5, 5.41) is 3.32. The summed E-state index contributed by atoms with van der Waals surface area (Å²) in [6.07, 6.45) is -2.05. The van der Waals surface area contributed by atoms with Crippen molar-refractivity contribution in [3.8, 4) is 0 Å². The molecule has 0 aromatic carbocycles. The lowest BCUT2D eigenvalue weighted by atomic mass is 10.2. The Labute approximate surface area is 162 Å². The largest absolute Gasteiger partial charge is 0.459 e. The van der Waals surface area contributed by atoms with Crippen LogP contribution in [-0.4, -0.2) is 91.1 Å². The Morgan fingerprint density at radius 1 is 1.25 bits per heavy atom. The third kappa shape index (κ3) is 5.40. The number of rotatable bonds is 4. The molecule has 1 N–H and O–H groups in total. The van der Waals surface area contributed by atoms with E-state index in [4.69, 9.17) is 4.42 Å². The highest BCUT2D eigenvalue weighted by Crippen LogP contribution is 2.20. The number of nitrogens with one attached hydrogen (secondary N) is 1. The number of amides is 1. The van der Waals surface area contributed by atoms with E-state index in [1.807, 2.05) is 6.92 Å². The van der Waals surface area contributed by atoms with Gasteiger partial charge in [-0.3, -0.25) is 14.7 Å². The van der Waals surface area contributed by atoms with Crippen LogP contribution in [0.2, 0.25) is 0 Å². The van der Waals surface area contributed by atoms with Crippen LogP contribution in [0.3, 0.4) is 0 Å². The molecule has 0 radical (unpaired) electrons. The Bertz CT molecular complexity index is 669. The summed E-state index contributed by atoms with van der Waals surface area (Å²) < 4.78 is 42.9. The van der Waals surface area contributed by atoms with Crippen LogP contribution in [0.4, 0.5) is 13.2 Å². The maximum absolute atomic E-state index is 12.6. The van der Waals surface area contributed by atoms with Crippen molar-refractivity contribution in [1.29, 1.82) is 0 Å². The molecule has 1 aromatic heterocycles. The molecule has 2 saturated heterocycles. The summed E-state index contributed by atoms with van der Waals surface area (Å²) >= 11 is 0. The number of hydrogen-bond acceptors (Lipinski definition) is 4. The van der Waals surface area contributed by atoms with Crippen molar-refractivity contribution in [3.05, 3.63) is 24.2 Å². The molecule has 2 fully saturated rings. The number of aliphatic imine (C=N–C) groups is 1. The molecule has 1 amide bonds. The van der Waals surface area contributed by atoms with E-state index >= 15 is 0 Å². The Hall–Kier alpha value is -2.23. The van der Waals surface area contributed by atoms with Gasteiger partial charge in [0, 0.05) is 51.9 Å². The van der Waals surface area contributed by atoms with Gasteiger partial charge in [0.25, 0.3) is 5.91 Å². The van der Waals surface area contributed by atoms with Crippen LogP contribution in [0, 0.1) is 0 Å². The second-order valence-electron chi connectivity index (χ2n) is 7.03. The highest BCUT2D eigenvalue weighted by atomic mass is 19.4. The number of piperazine rings is 1. The van der Waals surface area contributed by atoms with Gasteiger partial charge in [-0.25, -0.2) is 0 Å². The van der Waals surface area contributed by atoms with Crippen LogP contribution in [0.25, 0.3) is 0 Å². The van der Waals surface area contributed by atoms with Gasteiger partial charge in [0.05, 0.1) is 12.8 Å². The number of guanidine groups is 1. The van der Waals surface area contributed by atoms with Crippen molar-refractivity contribution in [1.82, 2.24) is 20.0 Å². The molecule has 7 nitrogen and oxygen atoms in total. The molecule has 3 heterocycles. The molecule has 0 saturated carbocycles. The second kappa shape index (κ2) is 8.85. The molecule has 1 aromatic rings. The summed E-state index contributed by atoms with van der Waals surface area (Å²) in [4.78, 5) is 22.1. The van der Waals surface area contributed by atoms with Gasteiger partial charge < -0.3 is 19.5 Å². The van der Waals surface area contributed by atoms with E-state index in [-0.39, 0.29) is 11.9 Å². The van der Waals surface area contributed by atoms with Crippen LogP contribution in [-0.2, 0) is 0 Å². The highest BCUT2D eigenvalue weighted by molar-refractivity contribution is 5.91. The van der Waals surface area contributed by atoms with Gasteiger partial charge in [-0.05, 0) is 25.5 Å². The van der Waals surface area contributed by atoms with Gasteiger partial charge in [0.15, 0.2) is 11.7 Å². The third-order valence-electron chi connectivity index (χ3n) is 4.91. The zero-order valence-electron chi connectivity index (χ0n) is 15.9. The number of carbonyl (C=O) groups excluding carboxylic acids is 1. The molecule has 0 spiro atoms. The molecule has 2 aliphatic rings. The van der Waals surface area contributed by atoms with Crippen molar-refractivity contribution in [2.75, 3.05) is 52.4 Å². The van der Waals surface area contributed by atoms with Crippen molar-refractivity contribution >= 4 is 11.9 Å². The molecule has 1 atom stereocenters. The number of alkyl halides is 3. The van der Waals surface area contributed by atoms with E-state index < -0.39 is 12.7 Å². The van der Waals surface area contributed by atoms with Crippen LogP contribution in [0.1, 0.15) is 23.9 Å². The average Bonchev–Trinajstić information content (AvgIpc) is 3.32. The Balaban J connectivity index is 1.51. The van der Waals surface area contributed by atoms with Gasteiger partial charge in [-0.1, -0.05) is 0 Å². The van der Waals surface area contributed by atoms with Crippen LogP contribution in [0.5, 0.6) is 0 Å². The normalized spacial score (nSPS) is 22.0. The number of likely N-dealkylation sites (tertiary alicyclic amines) is 1. The molecule has 28 heavy (non-hydrogen) atoms. The Morgan fingerprint density at radius 2 is 1.96 bits per heavy atom. The Kier molecular flexibility index (Phi) is 6.48. The summed E-state index contributed by atoms with van der Waals surface area (Å²) in [6, 6.07) is 3.27. The third-order valence-corrected chi connectivity index (χ3v) is 4.91. The van der Waals surface area contributed by atoms with Crippen LogP contribution >= 0.6 is 0 Å². The zero-order valence-corrected chi connectivity index (χ0v) is 15.9. The molecular weight excluding hydrogens is 375 g/mol. The molecule has 0 bridgehead atoms. The van der Waals surface area contributed by atoms with Gasteiger partial charge in [0.2, 0.25) is 0 Å². The first kappa shape index (κ1) is 20.5. The summed E-state index contributed by atoms with van der Waals surface area (Å²) in [5.41, 5.74) is 0. The van der Waals surface area contributed by atoms with Gasteiger partial charge in [-0.2, -0.15) is 13.2 Å². The topological polar surface area (TPSA) is 64.3 Å². The molecule has 3 rings (SSSR count). The van der Waals surface area contributed by atoms with Crippen LogP contribution < -0.4 is 5.32 Å². The molecule has 10 heteroatoms. The minimum atomic E-state index is -4.17. The fourth-order valence-corrected chi connectivity index (χ4v) is 3.59. The van der Waals surface area contributed by atoms with E-state index in [0.717, 1.165) is 0 Å². The van der Waals surface area contributed by atoms with Gasteiger partial charge in [0.1, 0.15) is 0 Å². The number of carbonyl (C=O) groups is 1. The predicted octanol–water partition coefficient (Wildman–Crippen LogP) is 1.64. The van der Waals surface area contributed by atoms with E-state index in [2.05, 4.69) is 15.2 Å². The lowest BCUT2D eigenvalue weighted by Gasteiger charge is -2.37. The molecular formula is C18H26F3N5O2. The van der Waals surface area contributed by atoms with Crippen LogP contribution in [0.15, 0.2) is 27.8 Å². The zero-order chi connectivity index (χ0) is 20.1. The van der Waals surface area contributed by atoms with Crippen molar-refractivity contribution in [2.45, 2.75) is 25.6 Å². The fraction of sp³-hybridized carbons (Fsp3) is 0.667. The van der Waals surface area contributed by atoms with E-state index in [1.165, 1.54) is 11.2 Å². The first-order valence-corrected chi connectivity index (χ1v) is 9.53. The maximum atomic E-state index is 12.6. The van der Waals surface area contributed by atoms with Gasteiger partial charge in [-0.15, -0.1) is 0 Å². The van der Waals surface area contributed by atoms with Crippen molar-refractivity contribution in [3.63, 3.8) is 0 Å². The monoisotopic (exact) mass is 401 g/mol. The molecule has 1 unspecified atom stereocenters. The summed E-state index contributed by atoms with van der Waals surface area (Å²) in [7, 11) is 0. The fourth-order valence-electron chi connectivity index (χ4n) is 3.59. The average molecular weight is 401 g/mol. The Morgan fingerprint density at radius 3 is 2.57 bits per heavy atom. The number of halogens is 3. The smallest absolute Gasteiger partial charge is 0.401 e.